The van der Waals surface area contributed by atoms with E-state index < -0.39 is 0 Å². The Morgan fingerprint density at radius 2 is 1.81 bits per heavy atom. The summed E-state index contributed by atoms with van der Waals surface area (Å²) in [6.45, 7) is 5.02. The minimum atomic E-state index is 0.873. The zero-order valence-electron chi connectivity index (χ0n) is 12.2. The van der Waals surface area contributed by atoms with Gasteiger partial charge in [0.1, 0.15) is 6.33 Å². The Balaban J connectivity index is 1.63. The van der Waals surface area contributed by atoms with Crippen molar-refractivity contribution in [3.8, 4) is 11.1 Å². The smallest absolute Gasteiger partial charge is 0.115 e. The molecule has 1 aliphatic rings. The second-order valence-corrected chi connectivity index (χ2v) is 5.34. The highest BCUT2D eigenvalue weighted by Crippen LogP contribution is 2.23. The van der Waals surface area contributed by atoms with Crippen LogP contribution < -0.4 is 0 Å². The molecule has 0 amide bonds. The zero-order chi connectivity index (χ0) is 14.3. The van der Waals surface area contributed by atoms with Crippen LogP contribution in [0.5, 0.6) is 0 Å². The van der Waals surface area contributed by atoms with Gasteiger partial charge in [0, 0.05) is 31.0 Å². The fourth-order valence-corrected chi connectivity index (χ4v) is 2.78. The van der Waals surface area contributed by atoms with Gasteiger partial charge in [-0.25, -0.2) is 9.97 Å². The second-order valence-electron chi connectivity index (χ2n) is 5.34. The largest absolute Gasteiger partial charge is 0.379 e. The molecule has 1 aromatic heterocycles. The summed E-state index contributed by atoms with van der Waals surface area (Å²) in [6.07, 6.45) is 7.60. The molecule has 1 aliphatic heterocycles. The molecule has 0 unspecified atom stereocenters. The number of nitrogens with zero attached hydrogens (tertiary/aromatic N) is 3. The van der Waals surface area contributed by atoms with Crippen LogP contribution in [0.3, 0.4) is 0 Å². The fourth-order valence-electron chi connectivity index (χ4n) is 2.78. The van der Waals surface area contributed by atoms with E-state index in [1.165, 1.54) is 17.5 Å². The first-order valence-electron chi connectivity index (χ1n) is 7.57. The second kappa shape index (κ2) is 7.29. The molecule has 1 fully saturated rings. The quantitative estimate of drug-likeness (QED) is 0.844. The lowest BCUT2D eigenvalue weighted by Gasteiger charge is -2.26. The normalized spacial score (nSPS) is 16.0. The zero-order valence-corrected chi connectivity index (χ0v) is 12.2. The first kappa shape index (κ1) is 14.2. The highest BCUT2D eigenvalue weighted by molar-refractivity contribution is 5.65. The summed E-state index contributed by atoms with van der Waals surface area (Å²) in [4.78, 5) is 10.7. The summed E-state index contributed by atoms with van der Waals surface area (Å²) in [7, 11) is 0. The van der Waals surface area contributed by atoms with Crippen molar-refractivity contribution in [1.82, 2.24) is 14.9 Å². The number of aromatic nitrogens is 2. The Bertz CT molecular complexity index is 553. The molecule has 4 nitrogen and oxygen atoms in total. The van der Waals surface area contributed by atoms with E-state index in [4.69, 9.17) is 4.74 Å². The first-order valence-corrected chi connectivity index (χ1v) is 7.57. The molecule has 2 aromatic rings. The molecule has 0 radical (unpaired) electrons. The summed E-state index contributed by atoms with van der Waals surface area (Å²) in [6, 6.07) is 8.55. The van der Waals surface area contributed by atoms with Gasteiger partial charge in [0.05, 0.1) is 13.2 Å². The number of aryl methyl sites for hydroxylation is 1. The van der Waals surface area contributed by atoms with Gasteiger partial charge in [-0.1, -0.05) is 24.3 Å². The standard InChI is InChI=1S/C17H21N3O/c1-2-6-17(16-12-18-14-19-13-16)15(4-1)5-3-7-20-8-10-21-11-9-20/h1-2,4,6,12-14H,3,5,7-11H2. The Morgan fingerprint density at radius 3 is 2.62 bits per heavy atom. The van der Waals surface area contributed by atoms with Crippen molar-refractivity contribution in [2.75, 3.05) is 32.8 Å². The summed E-state index contributed by atoms with van der Waals surface area (Å²) in [5, 5.41) is 0. The summed E-state index contributed by atoms with van der Waals surface area (Å²) in [5.41, 5.74) is 3.72. The number of rotatable bonds is 5. The van der Waals surface area contributed by atoms with Gasteiger partial charge >= 0.3 is 0 Å². The van der Waals surface area contributed by atoms with E-state index in [0.717, 1.165) is 44.8 Å². The van der Waals surface area contributed by atoms with Crippen LogP contribution in [-0.2, 0) is 11.2 Å². The number of ether oxygens (including phenoxy) is 1. The molecule has 21 heavy (non-hydrogen) atoms. The number of hydrogen-bond acceptors (Lipinski definition) is 4. The van der Waals surface area contributed by atoms with Gasteiger partial charge in [0.25, 0.3) is 0 Å². The van der Waals surface area contributed by atoms with Gasteiger partial charge in [-0.05, 0) is 30.5 Å². The molecule has 0 bridgehead atoms. The molecule has 4 heteroatoms. The Kier molecular flexibility index (Phi) is 4.92. The van der Waals surface area contributed by atoms with Gasteiger partial charge in [-0.15, -0.1) is 0 Å². The summed E-state index contributed by atoms with van der Waals surface area (Å²) < 4.78 is 5.39. The number of benzene rings is 1. The molecule has 110 valence electrons. The third-order valence-electron chi connectivity index (χ3n) is 3.91. The van der Waals surface area contributed by atoms with E-state index in [0.29, 0.717) is 0 Å². The maximum atomic E-state index is 5.39. The van der Waals surface area contributed by atoms with E-state index in [1.54, 1.807) is 6.33 Å². The van der Waals surface area contributed by atoms with Gasteiger partial charge in [0.2, 0.25) is 0 Å². The fraction of sp³-hybridized carbons (Fsp3) is 0.412. The molecule has 2 heterocycles. The van der Waals surface area contributed by atoms with Gasteiger partial charge < -0.3 is 4.74 Å². The monoisotopic (exact) mass is 283 g/mol. The van der Waals surface area contributed by atoms with Crippen molar-refractivity contribution >= 4 is 0 Å². The predicted molar refractivity (Wildman–Crippen MR) is 83.0 cm³/mol. The maximum absolute atomic E-state index is 5.39. The lowest BCUT2D eigenvalue weighted by atomic mass is 9.98. The van der Waals surface area contributed by atoms with Crippen LogP contribution in [-0.4, -0.2) is 47.7 Å². The third-order valence-corrected chi connectivity index (χ3v) is 3.91. The van der Waals surface area contributed by atoms with Crippen LogP contribution in [0.25, 0.3) is 11.1 Å². The molecule has 0 spiro atoms. The molecule has 0 aliphatic carbocycles. The van der Waals surface area contributed by atoms with Crippen molar-refractivity contribution in [3.63, 3.8) is 0 Å². The van der Waals surface area contributed by atoms with Crippen LogP contribution in [0, 0.1) is 0 Å². The highest BCUT2D eigenvalue weighted by atomic mass is 16.5. The molecule has 1 saturated heterocycles. The molecule has 0 atom stereocenters. The Morgan fingerprint density at radius 1 is 1.05 bits per heavy atom. The SMILES string of the molecule is c1ccc(-c2cncnc2)c(CCCN2CCOCC2)c1. The molecule has 0 saturated carbocycles. The van der Waals surface area contributed by atoms with Crippen LogP contribution in [0.2, 0.25) is 0 Å². The Labute approximate surface area is 125 Å². The van der Waals surface area contributed by atoms with Crippen LogP contribution >= 0.6 is 0 Å². The van der Waals surface area contributed by atoms with Crippen molar-refractivity contribution in [3.05, 3.63) is 48.5 Å². The van der Waals surface area contributed by atoms with Crippen molar-refractivity contribution in [1.29, 1.82) is 0 Å². The van der Waals surface area contributed by atoms with Crippen molar-refractivity contribution < 1.29 is 4.74 Å². The number of hydrogen-bond donors (Lipinski definition) is 0. The molecular weight excluding hydrogens is 262 g/mol. The maximum Gasteiger partial charge on any atom is 0.115 e. The average molecular weight is 283 g/mol. The van der Waals surface area contributed by atoms with E-state index in [9.17, 15) is 0 Å². The van der Waals surface area contributed by atoms with E-state index in [1.807, 2.05) is 12.4 Å². The summed E-state index contributed by atoms with van der Waals surface area (Å²) >= 11 is 0. The lowest BCUT2D eigenvalue weighted by Crippen LogP contribution is -2.36. The lowest BCUT2D eigenvalue weighted by molar-refractivity contribution is 0.0375. The van der Waals surface area contributed by atoms with E-state index >= 15 is 0 Å². The van der Waals surface area contributed by atoms with Gasteiger partial charge in [-0.2, -0.15) is 0 Å². The molecular formula is C17H21N3O. The van der Waals surface area contributed by atoms with Crippen LogP contribution in [0.15, 0.2) is 43.0 Å². The average Bonchev–Trinajstić information content (AvgIpc) is 2.57. The molecule has 0 N–H and O–H groups in total. The number of morpholine rings is 1. The minimum absolute atomic E-state index is 0.873. The van der Waals surface area contributed by atoms with Crippen molar-refractivity contribution in [2.45, 2.75) is 12.8 Å². The highest BCUT2D eigenvalue weighted by Gasteiger charge is 2.10. The van der Waals surface area contributed by atoms with Crippen LogP contribution in [0.1, 0.15) is 12.0 Å². The first-order chi connectivity index (χ1) is 10.4. The predicted octanol–water partition coefficient (Wildman–Crippen LogP) is 2.41. The molecule has 3 rings (SSSR count). The van der Waals surface area contributed by atoms with Gasteiger partial charge in [-0.3, -0.25) is 4.90 Å². The van der Waals surface area contributed by atoms with E-state index in [-0.39, 0.29) is 0 Å². The van der Waals surface area contributed by atoms with Gasteiger partial charge in [0.15, 0.2) is 0 Å². The minimum Gasteiger partial charge on any atom is -0.379 e. The van der Waals surface area contributed by atoms with Crippen LogP contribution in [0.4, 0.5) is 0 Å². The Hall–Kier alpha value is -1.78. The van der Waals surface area contributed by atoms with E-state index in [2.05, 4.69) is 39.1 Å². The van der Waals surface area contributed by atoms with Crippen molar-refractivity contribution in [2.24, 2.45) is 0 Å². The summed E-state index contributed by atoms with van der Waals surface area (Å²) in [5.74, 6) is 0. The third kappa shape index (κ3) is 3.86. The molecule has 1 aromatic carbocycles. The topological polar surface area (TPSA) is 38.2 Å².